The van der Waals surface area contributed by atoms with Gasteiger partial charge in [0.05, 0.1) is 17.3 Å². The zero-order valence-corrected chi connectivity index (χ0v) is 16.3. The van der Waals surface area contributed by atoms with Crippen molar-refractivity contribution in [2.24, 2.45) is 5.41 Å². The van der Waals surface area contributed by atoms with Crippen molar-refractivity contribution in [3.63, 3.8) is 0 Å². The molecule has 1 aromatic carbocycles. The lowest BCUT2D eigenvalue weighted by molar-refractivity contribution is -0.164. The number of nitrogens with one attached hydrogen (secondary N) is 1. The molecule has 0 saturated heterocycles. The lowest BCUT2D eigenvalue weighted by atomic mass is 9.38. The van der Waals surface area contributed by atoms with Gasteiger partial charge in [0.1, 0.15) is 11.6 Å². The fourth-order valence-electron chi connectivity index (χ4n) is 4.49. The number of carbonyl (C=O) groups is 2. The van der Waals surface area contributed by atoms with Gasteiger partial charge in [0.25, 0.3) is 5.91 Å². The summed E-state index contributed by atoms with van der Waals surface area (Å²) < 4.78 is 18.7. The van der Waals surface area contributed by atoms with E-state index in [1.165, 1.54) is 18.3 Å². The molecule has 2 N–H and O–H groups in total. The van der Waals surface area contributed by atoms with Crippen molar-refractivity contribution < 1.29 is 23.8 Å². The van der Waals surface area contributed by atoms with Crippen molar-refractivity contribution in [3.05, 3.63) is 58.6 Å². The van der Waals surface area contributed by atoms with E-state index in [2.05, 4.69) is 10.3 Å². The molecule has 29 heavy (non-hydrogen) atoms. The van der Waals surface area contributed by atoms with Crippen LogP contribution in [0.1, 0.15) is 41.7 Å². The first-order chi connectivity index (χ1) is 13.8. The van der Waals surface area contributed by atoms with Crippen LogP contribution in [0.15, 0.2) is 36.5 Å². The molecule has 5 rings (SSSR count). The molecule has 0 radical (unpaired) electrons. The van der Waals surface area contributed by atoms with Gasteiger partial charge in [0.2, 0.25) is 0 Å². The van der Waals surface area contributed by atoms with Crippen LogP contribution < -0.4 is 10.1 Å². The molecule has 3 aliphatic carbocycles. The monoisotopic (exact) mass is 418 g/mol. The molecule has 0 atom stereocenters. The highest BCUT2D eigenvalue weighted by Gasteiger charge is 2.68. The van der Waals surface area contributed by atoms with Crippen molar-refractivity contribution in [1.29, 1.82) is 0 Å². The average Bonchev–Trinajstić information content (AvgIpc) is 2.66. The predicted molar refractivity (Wildman–Crippen MR) is 103 cm³/mol. The van der Waals surface area contributed by atoms with Crippen LogP contribution in [0.5, 0.6) is 5.75 Å². The number of aromatic nitrogens is 1. The van der Waals surface area contributed by atoms with Crippen molar-refractivity contribution in [2.45, 2.75) is 37.8 Å². The normalized spacial score (nSPS) is 24.2. The molecule has 3 aliphatic rings. The van der Waals surface area contributed by atoms with E-state index in [9.17, 15) is 14.0 Å². The molecule has 0 aliphatic heterocycles. The van der Waals surface area contributed by atoms with Crippen LogP contribution in [0.2, 0.25) is 5.02 Å². The number of aliphatic hydroxyl groups is 1. The highest BCUT2D eigenvalue weighted by atomic mass is 35.5. The molecule has 6 nitrogen and oxygen atoms in total. The average molecular weight is 419 g/mol. The summed E-state index contributed by atoms with van der Waals surface area (Å²) in [6, 6.07) is 7.34. The largest absolute Gasteiger partial charge is 0.484 e. The summed E-state index contributed by atoms with van der Waals surface area (Å²) in [6.45, 7) is -0.366. The summed E-state index contributed by atoms with van der Waals surface area (Å²) in [5.74, 6) is -0.613. The Kier molecular flexibility index (Phi) is 5.04. The molecule has 1 heterocycles. The van der Waals surface area contributed by atoms with Gasteiger partial charge < -0.3 is 15.2 Å². The minimum Gasteiger partial charge on any atom is -0.484 e. The van der Waals surface area contributed by atoms with Crippen LogP contribution in [-0.4, -0.2) is 33.9 Å². The first kappa shape index (κ1) is 19.8. The fraction of sp³-hybridized carbons (Fsp3) is 0.381. The molecular weight excluding hydrogens is 399 g/mol. The second-order valence-electron chi connectivity index (χ2n) is 8.02. The molecule has 8 heteroatoms. The molecule has 0 unspecified atom stereocenters. The van der Waals surface area contributed by atoms with E-state index in [4.69, 9.17) is 21.4 Å². The summed E-state index contributed by atoms with van der Waals surface area (Å²) in [7, 11) is 0. The Labute approximate surface area is 172 Å². The van der Waals surface area contributed by atoms with Gasteiger partial charge in [-0.1, -0.05) is 11.6 Å². The minimum atomic E-state index is -0.600. The summed E-state index contributed by atoms with van der Waals surface area (Å²) in [6.07, 6.45) is 4.19. The van der Waals surface area contributed by atoms with E-state index < -0.39 is 5.82 Å². The van der Waals surface area contributed by atoms with E-state index >= 15 is 0 Å². The number of hydrogen-bond donors (Lipinski definition) is 2. The van der Waals surface area contributed by atoms with Crippen LogP contribution in [0.25, 0.3) is 0 Å². The van der Waals surface area contributed by atoms with E-state index in [1.807, 2.05) is 0 Å². The van der Waals surface area contributed by atoms with Crippen LogP contribution in [0, 0.1) is 11.2 Å². The Morgan fingerprint density at radius 1 is 1.24 bits per heavy atom. The number of rotatable bonds is 8. The van der Waals surface area contributed by atoms with Crippen LogP contribution in [0.3, 0.4) is 0 Å². The number of carbonyl (C=O) groups excluding carboxylic acids is 2. The first-order valence-corrected chi connectivity index (χ1v) is 9.68. The molecule has 2 bridgehead atoms. The number of Topliss-reactive ketones (excluding diaryl/α,β-unsaturated/α-hetero) is 1. The number of nitrogens with zero attached hydrogens (tertiary/aromatic N) is 1. The van der Waals surface area contributed by atoms with Gasteiger partial charge in [-0.2, -0.15) is 0 Å². The minimum absolute atomic E-state index is 0.00404. The number of hydrogen-bond acceptors (Lipinski definition) is 5. The molecule has 1 amide bonds. The van der Waals surface area contributed by atoms with Gasteiger partial charge >= 0.3 is 0 Å². The maximum absolute atomic E-state index is 13.4. The van der Waals surface area contributed by atoms with Crippen molar-refractivity contribution in [3.8, 4) is 5.75 Å². The Bertz CT molecular complexity index is 944. The number of ketones is 1. The number of pyridine rings is 1. The summed E-state index contributed by atoms with van der Waals surface area (Å²) in [5, 5.41) is 12.0. The van der Waals surface area contributed by atoms with E-state index in [1.54, 1.807) is 12.1 Å². The Morgan fingerprint density at radius 2 is 2.00 bits per heavy atom. The van der Waals surface area contributed by atoms with Crippen LogP contribution >= 0.6 is 11.6 Å². The number of amides is 1. The molecule has 0 spiro atoms. The van der Waals surface area contributed by atoms with E-state index in [-0.39, 0.29) is 46.6 Å². The third-order valence-electron chi connectivity index (χ3n) is 5.65. The fourth-order valence-corrected chi connectivity index (χ4v) is 4.61. The molecular formula is C21H20ClFN2O4. The van der Waals surface area contributed by atoms with E-state index in [0.717, 1.165) is 25.3 Å². The highest BCUT2D eigenvalue weighted by molar-refractivity contribution is 6.30. The zero-order chi connectivity index (χ0) is 20.6. The van der Waals surface area contributed by atoms with Crippen molar-refractivity contribution in [2.75, 3.05) is 6.61 Å². The first-order valence-electron chi connectivity index (χ1n) is 9.30. The van der Waals surface area contributed by atoms with Gasteiger partial charge in [-0.05, 0) is 48.9 Å². The molecule has 3 fully saturated rings. The van der Waals surface area contributed by atoms with Gasteiger partial charge in [-0.25, -0.2) is 4.39 Å². The lowest BCUT2D eigenvalue weighted by Crippen LogP contribution is -2.75. The molecule has 152 valence electrons. The third-order valence-corrected chi connectivity index (χ3v) is 5.96. The van der Waals surface area contributed by atoms with Crippen molar-refractivity contribution in [1.82, 2.24) is 10.3 Å². The maximum Gasteiger partial charge on any atom is 0.258 e. The summed E-state index contributed by atoms with van der Waals surface area (Å²) >= 11 is 5.62. The quantitative estimate of drug-likeness (QED) is 0.643. The van der Waals surface area contributed by atoms with Crippen molar-refractivity contribution >= 4 is 23.3 Å². The zero-order valence-electron chi connectivity index (χ0n) is 15.6. The Balaban J connectivity index is 1.23. The Morgan fingerprint density at radius 3 is 2.62 bits per heavy atom. The number of halogens is 2. The lowest BCUT2D eigenvalue weighted by Gasteiger charge is -2.70. The third kappa shape index (κ3) is 3.97. The summed E-state index contributed by atoms with van der Waals surface area (Å²) in [5.41, 5.74) is 0.747. The number of ether oxygens (including phenoxy) is 1. The molecule has 1 aromatic heterocycles. The Hall–Kier alpha value is -2.51. The SMILES string of the molecule is O=C(COc1ccc(Cl)c(F)c1)NC12CC(CC(=O)c3ccc(CO)nc3)(C1)C2. The maximum atomic E-state index is 13.4. The van der Waals surface area contributed by atoms with Gasteiger partial charge in [0, 0.05) is 29.8 Å². The second-order valence-corrected chi connectivity index (χ2v) is 8.43. The number of benzene rings is 1. The van der Waals surface area contributed by atoms with Gasteiger partial charge in [0.15, 0.2) is 12.4 Å². The molecule has 2 aromatic rings. The number of aliphatic hydroxyl groups excluding tert-OH is 1. The van der Waals surface area contributed by atoms with Gasteiger partial charge in [-0.3, -0.25) is 14.6 Å². The van der Waals surface area contributed by atoms with E-state index in [0.29, 0.717) is 17.7 Å². The predicted octanol–water partition coefficient (Wildman–Crippen LogP) is 3.06. The highest BCUT2D eigenvalue weighted by Crippen LogP contribution is 2.69. The van der Waals surface area contributed by atoms with Crippen LogP contribution in [0.4, 0.5) is 4.39 Å². The topological polar surface area (TPSA) is 88.5 Å². The smallest absolute Gasteiger partial charge is 0.258 e. The summed E-state index contributed by atoms with van der Waals surface area (Å²) in [4.78, 5) is 28.7. The van der Waals surface area contributed by atoms with Gasteiger partial charge in [-0.15, -0.1) is 0 Å². The molecule has 3 saturated carbocycles. The standard InChI is InChI=1S/C21H20ClFN2O4/c22-16-4-3-15(5-17(16)23)29-9-19(28)25-21-10-20(11-21,12-21)6-18(27)13-1-2-14(8-26)24-7-13/h1-5,7,26H,6,8-12H2,(H,25,28). The second kappa shape index (κ2) is 7.39. The van der Waals surface area contributed by atoms with Crippen LogP contribution in [-0.2, 0) is 11.4 Å².